The molecule has 0 bridgehead atoms. The molecule has 1 aromatic carbocycles. The Bertz CT molecular complexity index is 1160. The Balaban J connectivity index is 1.41. The van der Waals surface area contributed by atoms with Crippen LogP contribution in [0.2, 0.25) is 0 Å². The molecule has 3 N–H and O–H groups in total. The molecule has 1 saturated carbocycles. The summed E-state index contributed by atoms with van der Waals surface area (Å²) in [6.07, 6.45) is 6.56. The number of ether oxygens (including phenoxy) is 1. The molecule has 3 amide bonds. The van der Waals surface area contributed by atoms with Gasteiger partial charge in [0.25, 0.3) is 0 Å². The van der Waals surface area contributed by atoms with Crippen molar-refractivity contribution in [2.24, 2.45) is 5.92 Å². The standard InChI is InChI=1S/C31H47N5O4S/c1-4-28(37)33-25(19-30-34-24-11-10-23(21(2)3)18-27(24)41-30)31(39)35-26(22-8-6-5-7-9-22)20-32-29(38)12-13-36-14-16-40-17-15-36/h10-11,18,21-22,25-26H,4-9,12-17,19-20H2,1-3H3,(H,32,38)(H,33,37)(H,35,39)/t25?,26-/m0/s1. The summed E-state index contributed by atoms with van der Waals surface area (Å²) < 4.78 is 6.48. The van der Waals surface area contributed by atoms with Crippen LogP contribution in [0.5, 0.6) is 0 Å². The lowest BCUT2D eigenvalue weighted by molar-refractivity contribution is -0.129. The zero-order valence-corrected chi connectivity index (χ0v) is 25.7. The van der Waals surface area contributed by atoms with Gasteiger partial charge in [0.05, 0.1) is 28.4 Å². The summed E-state index contributed by atoms with van der Waals surface area (Å²) in [7, 11) is 0. The molecule has 1 aliphatic carbocycles. The topological polar surface area (TPSA) is 113 Å². The van der Waals surface area contributed by atoms with Crippen LogP contribution in [0.25, 0.3) is 10.2 Å². The third-order valence-electron chi connectivity index (χ3n) is 8.30. The molecule has 2 aromatic rings. The minimum Gasteiger partial charge on any atom is -0.379 e. The average molecular weight is 586 g/mol. The molecule has 10 heteroatoms. The minimum absolute atomic E-state index is 0.00220. The van der Waals surface area contributed by atoms with Gasteiger partial charge < -0.3 is 20.7 Å². The van der Waals surface area contributed by atoms with Gasteiger partial charge in [0.2, 0.25) is 17.7 Å². The van der Waals surface area contributed by atoms with Crippen molar-refractivity contribution in [1.29, 1.82) is 0 Å². The molecule has 226 valence electrons. The van der Waals surface area contributed by atoms with Crippen LogP contribution in [-0.4, -0.2) is 79.1 Å². The fraction of sp³-hybridized carbons (Fsp3) is 0.677. The summed E-state index contributed by atoms with van der Waals surface area (Å²) in [5, 5.41) is 10.1. The predicted octanol–water partition coefficient (Wildman–Crippen LogP) is 3.76. The van der Waals surface area contributed by atoms with Crippen molar-refractivity contribution in [2.75, 3.05) is 39.4 Å². The molecule has 1 saturated heterocycles. The highest BCUT2D eigenvalue weighted by molar-refractivity contribution is 7.18. The van der Waals surface area contributed by atoms with Crippen molar-refractivity contribution in [1.82, 2.24) is 25.8 Å². The first-order valence-corrected chi connectivity index (χ1v) is 16.2. The quantitative estimate of drug-likeness (QED) is 0.330. The van der Waals surface area contributed by atoms with Crippen LogP contribution in [0.15, 0.2) is 18.2 Å². The Morgan fingerprint density at radius 3 is 2.54 bits per heavy atom. The molecule has 2 fully saturated rings. The number of carbonyl (C=O) groups is 3. The van der Waals surface area contributed by atoms with E-state index < -0.39 is 6.04 Å². The SMILES string of the molecule is CCC(=O)NC(Cc1nc2ccc(C(C)C)cc2s1)C(=O)N[C@@H](CNC(=O)CCN1CCOCC1)C1CCCCC1. The van der Waals surface area contributed by atoms with Crippen LogP contribution < -0.4 is 16.0 Å². The van der Waals surface area contributed by atoms with Gasteiger partial charge in [-0.1, -0.05) is 46.1 Å². The van der Waals surface area contributed by atoms with E-state index in [-0.39, 0.29) is 23.8 Å². The van der Waals surface area contributed by atoms with Crippen molar-refractivity contribution in [3.05, 3.63) is 28.8 Å². The Morgan fingerprint density at radius 2 is 1.83 bits per heavy atom. The maximum absolute atomic E-state index is 13.7. The Hall–Kier alpha value is -2.56. The van der Waals surface area contributed by atoms with E-state index in [0.717, 1.165) is 54.0 Å². The summed E-state index contributed by atoms with van der Waals surface area (Å²) in [6.45, 7) is 10.4. The molecule has 1 aromatic heterocycles. The number of amides is 3. The number of nitrogens with one attached hydrogen (secondary N) is 3. The molecule has 9 nitrogen and oxygen atoms in total. The van der Waals surface area contributed by atoms with Crippen molar-refractivity contribution in [3.63, 3.8) is 0 Å². The van der Waals surface area contributed by atoms with Gasteiger partial charge in [-0.3, -0.25) is 19.3 Å². The first kappa shape index (κ1) is 31.4. The maximum Gasteiger partial charge on any atom is 0.243 e. The lowest BCUT2D eigenvalue weighted by Crippen LogP contribution is -2.55. The molecular formula is C31H47N5O4S. The number of fused-ring (bicyclic) bond motifs is 1. The fourth-order valence-electron chi connectivity index (χ4n) is 5.67. The highest BCUT2D eigenvalue weighted by Crippen LogP contribution is 2.28. The van der Waals surface area contributed by atoms with Gasteiger partial charge in [-0.15, -0.1) is 11.3 Å². The van der Waals surface area contributed by atoms with E-state index in [9.17, 15) is 14.4 Å². The normalized spacial score (nSPS) is 18.2. The van der Waals surface area contributed by atoms with Crippen LogP contribution >= 0.6 is 11.3 Å². The molecule has 0 radical (unpaired) electrons. The highest BCUT2D eigenvalue weighted by Gasteiger charge is 2.30. The summed E-state index contributed by atoms with van der Waals surface area (Å²) in [4.78, 5) is 45.9. The number of carbonyl (C=O) groups excluding carboxylic acids is 3. The third-order valence-corrected chi connectivity index (χ3v) is 9.34. The second-order valence-electron chi connectivity index (χ2n) is 11.7. The molecule has 1 aliphatic heterocycles. The molecule has 2 atom stereocenters. The monoisotopic (exact) mass is 585 g/mol. The van der Waals surface area contributed by atoms with Crippen LogP contribution in [0, 0.1) is 5.92 Å². The Kier molecular flexibility index (Phi) is 11.9. The molecular weight excluding hydrogens is 538 g/mol. The average Bonchev–Trinajstić information content (AvgIpc) is 3.40. The second-order valence-corrected chi connectivity index (χ2v) is 12.8. The van der Waals surface area contributed by atoms with Gasteiger partial charge in [-0.05, 0) is 42.4 Å². The number of benzene rings is 1. The van der Waals surface area contributed by atoms with Gasteiger partial charge in [0.1, 0.15) is 6.04 Å². The van der Waals surface area contributed by atoms with Crippen LogP contribution in [-0.2, 0) is 25.5 Å². The summed E-state index contributed by atoms with van der Waals surface area (Å²) in [5.74, 6) is 0.333. The van der Waals surface area contributed by atoms with E-state index >= 15 is 0 Å². The highest BCUT2D eigenvalue weighted by atomic mass is 32.1. The number of hydrogen-bond donors (Lipinski definition) is 3. The van der Waals surface area contributed by atoms with E-state index in [4.69, 9.17) is 9.72 Å². The molecule has 4 rings (SSSR count). The first-order chi connectivity index (χ1) is 19.8. The van der Waals surface area contributed by atoms with E-state index in [1.807, 2.05) is 6.07 Å². The molecule has 0 spiro atoms. The van der Waals surface area contributed by atoms with Gasteiger partial charge in [0, 0.05) is 51.5 Å². The zero-order valence-electron chi connectivity index (χ0n) is 24.9. The lowest BCUT2D eigenvalue weighted by Gasteiger charge is -2.32. The van der Waals surface area contributed by atoms with Crippen molar-refractivity contribution < 1.29 is 19.1 Å². The van der Waals surface area contributed by atoms with Gasteiger partial charge in [-0.2, -0.15) is 0 Å². The van der Waals surface area contributed by atoms with Gasteiger partial charge >= 0.3 is 0 Å². The number of nitrogens with zero attached hydrogens (tertiary/aromatic N) is 2. The van der Waals surface area contributed by atoms with E-state index in [1.165, 1.54) is 12.0 Å². The number of hydrogen-bond acceptors (Lipinski definition) is 7. The van der Waals surface area contributed by atoms with E-state index in [0.29, 0.717) is 57.4 Å². The van der Waals surface area contributed by atoms with Crippen molar-refractivity contribution in [2.45, 2.75) is 90.1 Å². The minimum atomic E-state index is -0.726. The molecule has 2 heterocycles. The van der Waals surface area contributed by atoms with Gasteiger partial charge in [0.15, 0.2) is 0 Å². The smallest absolute Gasteiger partial charge is 0.243 e. The number of rotatable bonds is 13. The van der Waals surface area contributed by atoms with Crippen LogP contribution in [0.4, 0.5) is 0 Å². The van der Waals surface area contributed by atoms with Crippen molar-refractivity contribution in [3.8, 4) is 0 Å². The zero-order chi connectivity index (χ0) is 29.2. The third kappa shape index (κ3) is 9.48. The summed E-state index contributed by atoms with van der Waals surface area (Å²) in [6, 6.07) is 5.40. The first-order valence-electron chi connectivity index (χ1n) is 15.4. The van der Waals surface area contributed by atoms with E-state index in [1.54, 1.807) is 18.3 Å². The summed E-state index contributed by atoms with van der Waals surface area (Å²) >= 11 is 1.58. The molecule has 2 aliphatic rings. The van der Waals surface area contributed by atoms with Gasteiger partial charge in [-0.25, -0.2) is 4.98 Å². The van der Waals surface area contributed by atoms with Crippen LogP contribution in [0.3, 0.4) is 0 Å². The summed E-state index contributed by atoms with van der Waals surface area (Å²) in [5.41, 5.74) is 2.17. The molecule has 1 unspecified atom stereocenters. The Labute approximate surface area is 248 Å². The van der Waals surface area contributed by atoms with Crippen LogP contribution in [0.1, 0.15) is 82.2 Å². The second kappa shape index (κ2) is 15.6. The maximum atomic E-state index is 13.7. The Morgan fingerprint density at radius 1 is 1.07 bits per heavy atom. The largest absolute Gasteiger partial charge is 0.379 e. The lowest BCUT2D eigenvalue weighted by atomic mass is 9.83. The van der Waals surface area contributed by atoms with Crippen molar-refractivity contribution >= 4 is 39.3 Å². The fourth-order valence-corrected chi connectivity index (χ4v) is 6.73. The van der Waals surface area contributed by atoms with E-state index in [2.05, 4.69) is 46.8 Å². The number of thiazole rings is 1. The molecule has 41 heavy (non-hydrogen) atoms. The predicted molar refractivity (Wildman–Crippen MR) is 163 cm³/mol. The number of morpholine rings is 1. The number of aromatic nitrogens is 1.